The summed E-state index contributed by atoms with van der Waals surface area (Å²) in [4.78, 5) is 42.7. The van der Waals surface area contributed by atoms with E-state index in [-0.39, 0.29) is 23.4 Å². The van der Waals surface area contributed by atoms with E-state index in [1.165, 1.54) is 30.9 Å². The first kappa shape index (κ1) is 29.0. The van der Waals surface area contributed by atoms with E-state index in [4.69, 9.17) is 18.6 Å². The van der Waals surface area contributed by atoms with Crippen molar-refractivity contribution in [3.8, 4) is 22.8 Å². The van der Waals surface area contributed by atoms with Gasteiger partial charge in [-0.1, -0.05) is 11.3 Å². The Morgan fingerprint density at radius 3 is 2.64 bits per heavy atom. The molecule has 0 unspecified atom stereocenters. The van der Waals surface area contributed by atoms with E-state index < -0.39 is 16.9 Å². The van der Waals surface area contributed by atoms with Crippen LogP contribution in [0.3, 0.4) is 0 Å². The number of nitrogens with zero attached hydrogens (tertiary/aromatic N) is 3. The molecule has 0 fully saturated rings. The SMILES string of the molecule is CCOC(=O)C1=C(C)N=c2s/c(=C\c3ccc(-c4ccc([N+](=O)[O-])cc4Br)o3)c(=O)n2[C@@H]1c1ccc(OC)cc1OC. The molecule has 11 nitrogen and oxygen atoms in total. The topological polar surface area (TPSA) is 135 Å². The minimum atomic E-state index is -0.869. The number of esters is 1. The van der Waals surface area contributed by atoms with E-state index >= 15 is 0 Å². The number of rotatable bonds is 8. The highest BCUT2D eigenvalue weighted by Gasteiger charge is 2.35. The number of aromatic nitrogens is 1. The lowest BCUT2D eigenvalue weighted by Gasteiger charge is -2.26. The van der Waals surface area contributed by atoms with Crippen molar-refractivity contribution in [1.29, 1.82) is 0 Å². The number of allylic oxidation sites excluding steroid dienone is 1. The highest BCUT2D eigenvalue weighted by Crippen LogP contribution is 2.38. The lowest BCUT2D eigenvalue weighted by molar-refractivity contribution is -0.384. The monoisotopic (exact) mass is 653 g/mol. The Bertz CT molecular complexity index is 1940. The minimum absolute atomic E-state index is 0.0564. The van der Waals surface area contributed by atoms with E-state index in [2.05, 4.69) is 20.9 Å². The predicted molar refractivity (Wildman–Crippen MR) is 158 cm³/mol. The first-order valence-electron chi connectivity index (χ1n) is 12.6. The summed E-state index contributed by atoms with van der Waals surface area (Å²) < 4.78 is 24.6. The van der Waals surface area contributed by atoms with Crippen LogP contribution in [0.2, 0.25) is 0 Å². The number of halogens is 1. The number of ether oxygens (including phenoxy) is 3. The Labute approximate surface area is 251 Å². The van der Waals surface area contributed by atoms with Gasteiger partial charge in [0.25, 0.3) is 11.2 Å². The number of carbonyl (C=O) groups is 1. The van der Waals surface area contributed by atoms with Crippen LogP contribution < -0.4 is 24.4 Å². The van der Waals surface area contributed by atoms with Crippen molar-refractivity contribution < 1.29 is 28.3 Å². The molecule has 5 rings (SSSR count). The fourth-order valence-electron chi connectivity index (χ4n) is 4.65. The second-order valence-corrected chi connectivity index (χ2v) is 10.9. The van der Waals surface area contributed by atoms with Crippen LogP contribution in [0.15, 0.2) is 78.5 Å². The van der Waals surface area contributed by atoms with Crippen LogP contribution in [0.4, 0.5) is 5.69 Å². The molecule has 1 atom stereocenters. The Balaban J connectivity index is 1.64. The molecule has 2 aromatic carbocycles. The first-order valence-corrected chi connectivity index (χ1v) is 14.2. The summed E-state index contributed by atoms with van der Waals surface area (Å²) in [6, 6.07) is 12.1. The van der Waals surface area contributed by atoms with Crippen LogP contribution in [0.1, 0.15) is 31.2 Å². The highest BCUT2D eigenvalue weighted by atomic mass is 79.9. The molecular weight excluding hydrogens is 630 g/mol. The van der Waals surface area contributed by atoms with E-state index in [1.54, 1.807) is 56.3 Å². The summed E-state index contributed by atoms with van der Waals surface area (Å²) in [6.45, 7) is 3.56. The van der Waals surface area contributed by atoms with Crippen molar-refractivity contribution in [3.05, 3.63) is 105 Å². The van der Waals surface area contributed by atoms with Gasteiger partial charge in [-0.3, -0.25) is 19.5 Å². The van der Waals surface area contributed by atoms with E-state index in [0.717, 1.165) is 11.3 Å². The van der Waals surface area contributed by atoms with Gasteiger partial charge in [0.1, 0.15) is 29.1 Å². The average molecular weight is 654 g/mol. The molecule has 3 heterocycles. The van der Waals surface area contributed by atoms with Gasteiger partial charge in [0.05, 0.1) is 41.6 Å². The lowest BCUT2D eigenvalue weighted by Crippen LogP contribution is -2.40. The molecule has 0 bridgehead atoms. The molecule has 13 heteroatoms. The molecule has 0 N–H and O–H groups in total. The van der Waals surface area contributed by atoms with Crippen LogP contribution in [-0.4, -0.2) is 36.3 Å². The number of benzene rings is 2. The zero-order chi connectivity index (χ0) is 30.1. The number of thiazole rings is 1. The Morgan fingerprint density at radius 2 is 1.98 bits per heavy atom. The molecule has 0 saturated heterocycles. The zero-order valence-electron chi connectivity index (χ0n) is 22.9. The summed E-state index contributed by atoms with van der Waals surface area (Å²) in [5, 5.41) is 11.1. The molecule has 0 saturated carbocycles. The molecule has 0 aliphatic carbocycles. The van der Waals surface area contributed by atoms with Gasteiger partial charge < -0.3 is 18.6 Å². The second kappa shape index (κ2) is 11.8. The van der Waals surface area contributed by atoms with Crippen LogP contribution >= 0.6 is 27.3 Å². The Morgan fingerprint density at radius 1 is 1.19 bits per heavy atom. The number of methoxy groups -OCH3 is 2. The van der Waals surface area contributed by atoms with Gasteiger partial charge in [0.2, 0.25) is 0 Å². The highest BCUT2D eigenvalue weighted by molar-refractivity contribution is 9.10. The van der Waals surface area contributed by atoms with Crippen molar-refractivity contribution in [1.82, 2.24) is 4.57 Å². The molecule has 42 heavy (non-hydrogen) atoms. The van der Waals surface area contributed by atoms with Gasteiger partial charge in [-0.15, -0.1) is 0 Å². The molecule has 4 aromatic rings. The largest absolute Gasteiger partial charge is 0.497 e. The first-order chi connectivity index (χ1) is 20.2. The van der Waals surface area contributed by atoms with E-state index in [1.807, 2.05) is 0 Å². The van der Waals surface area contributed by atoms with Gasteiger partial charge in [-0.2, -0.15) is 0 Å². The summed E-state index contributed by atoms with van der Waals surface area (Å²) in [5.74, 6) is 1.24. The number of non-ortho nitro benzene ring substituents is 1. The summed E-state index contributed by atoms with van der Waals surface area (Å²) >= 11 is 4.52. The van der Waals surface area contributed by atoms with E-state index in [0.29, 0.717) is 53.6 Å². The third kappa shape index (κ3) is 5.28. The lowest BCUT2D eigenvalue weighted by atomic mass is 9.95. The summed E-state index contributed by atoms with van der Waals surface area (Å²) in [7, 11) is 3.03. The third-order valence-corrected chi connectivity index (χ3v) is 8.22. The maximum Gasteiger partial charge on any atom is 0.338 e. The molecule has 2 aromatic heterocycles. The normalized spacial score (nSPS) is 14.8. The van der Waals surface area contributed by atoms with Crippen molar-refractivity contribution in [2.24, 2.45) is 4.99 Å². The molecule has 1 aliphatic heterocycles. The van der Waals surface area contributed by atoms with Gasteiger partial charge in [0, 0.05) is 39.9 Å². The minimum Gasteiger partial charge on any atom is -0.497 e. The third-order valence-electron chi connectivity index (χ3n) is 6.58. The number of nitro benzene ring substituents is 1. The van der Waals surface area contributed by atoms with Crippen molar-refractivity contribution >= 4 is 45.0 Å². The van der Waals surface area contributed by atoms with Crippen LogP contribution in [0.25, 0.3) is 17.4 Å². The number of carbonyl (C=O) groups excluding carboxylic acids is 1. The molecular formula is C29H24BrN3O8S. The smallest absolute Gasteiger partial charge is 0.338 e. The van der Waals surface area contributed by atoms with Gasteiger partial charge in [-0.05, 0) is 60.1 Å². The predicted octanol–water partition coefficient (Wildman–Crippen LogP) is 4.75. The fraction of sp³-hybridized carbons (Fsp3) is 0.207. The van der Waals surface area contributed by atoms with Gasteiger partial charge >= 0.3 is 5.97 Å². The average Bonchev–Trinajstić information content (AvgIpc) is 3.55. The number of hydrogen-bond donors (Lipinski definition) is 0. The van der Waals surface area contributed by atoms with Gasteiger partial charge in [-0.25, -0.2) is 9.79 Å². The maximum absolute atomic E-state index is 13.9. The molecule has 216 valence electrons. The number of nitro groups is 1. The summed E-state index contributed by atoms with van der Waals surface area (Å²) in [5.41, 5.74) is 1.38. The summed E-state index contributed by atoms with van der Waals surface area (Å²) in [6.07, 6.45) is 1.60. The second-order valence-electron chi connectivity index (χ2n) is 9.03. The maximum atomic E-state index is 13.9. The quantitative estimate of drug-likeness (QED) is 0.151. The standard InChI is InChI=1S/C29H24BrN3O8S/c1-5-40-28(35)25-15(2)31-29-32(26(25)20-10-7-17(38-3)13-23(20)39-4)27(34)24(42-29)14-18-8-11-22(41-18)19-9-6-16(33(36)37)12-21(19)30/h6-14,26H,5H2,1-4H3/b24-14-/t26-/m1/s1. The van der Waals surface area contributed by atoms with Crippen molar-refractivity contribution in [3.63, 3.8) is 0 Å². The molecule has 0 spiro atoms. The van der Waals surface area contributed by atoms with Crippen LogP contribution in [0, 0.1) is 10.1 Å². The fourth-order valence-corrected chi connectivity index (χ4v) is 6.24. The van der Waals surface area contributed by atoms with Crippen LogP contribution in [0.5, 0.6) is 11.5 Å². The van der Waals surface area contributed by atoms with Gasteiger partial charge in [0.15, 0.2) is 4.80 Å². The number of fused-ring (bicyclic) bond motifs is 1. The number of hydrogen-bond acceptors (Lipinski definition) is 10. The molecule has 0 amide bonds. The number of furan rings is 1. The Kier molecular flexibility index (Phi) is 8.14. The van der Waals surface area contributed by atoms with Crippen molar-refractivity contribution in [2.45, 2.75) is 19.9 Å². The molecule has 1 aliphatic rings. The van der Waals surface area contributed by atoms with Crippen molar-refractivity contribution in [2.75, 3.05) is 20.8 Å². The van der Waals surface area contributed by atoms with Crippen LogP contribution in [-0.2, 0) is 9.53 Å². The molecule has 0 radical (unpaired) electrons. The zero-order valence-corrected chi connectivity index (χ0v) is 25.3. The Hall–Kier alpha value is -4.49. The van der Waals surface area contributed by atoms with E-state index in [9.17, 15) is 19.7 Å².